The minimum absolute atomic E-state index is 0.393. The maximum atomic E-state index is 9.90. The molecule has 0 aliphatic carbocycles. The van der Waals surface area contributed by atoms with E-state index in [-0.39, 0.29) is 0 Å². The SMILES string of the molecule is [C-]#[N+]c1cc(C#N)cc(-c2ccc3c(c2)c2cc(-c4cc(C#N)cc([N+]#[C-])c4)ccc2n3-c2ccccc2-c2ccccc2-c2ccc(C#N)c3ccccc23)c1. The summed E-state index contributed by atoms with van der Waals surface area (Å²) in [5.74, 6) is 0. The Morgan fingerprint density at radius 2 is 0.912 bits per heavy atom. The van der Waals surface area contributed by atoms with Crippen LogP contribution in [0.2, 0.25) is 0 Å². The van der Waals surface area contributed by atoms with Crippen LogP contribution in [0.25, 0.3) is 92.5 Å². The van der Waals surface area contributed by atoms with Crippen LogP contribution >= 0.6 is 0 Å². The van der Waals surface area contributed by atoms with Crippen molar-refractivity contribution >= 4 is 44.0 Å². The monoisotopic (exact) mass is 722 g/mol. The van der Waals surface area contributed by atoms with Gasteiger partial charge in [0.25, 0.3) is 0 Å². The molecule has 0 fully saturated rings. The van der Waals surface area contributed by atoms with Crippen LogP contribution in [0.5, 0.6) is 0 Å². The number of hydrogen-bond acceptors (Lipinski definition) is 3. The third kappa shape index (κ3) is 5.80. The van der Waals surface area contributed by atoms with Crippen molar-refractivity contribution in [2.24, 2.45) is 0 Å². The topological polar surface area (TPSA) is 85.0 Å². The minimum Gasteiger partial charge on any atom is -0.309 e. The third-order valence-corrected chi connectivity index (χ3v) is 10.5. The van der Waals surface area contributed by atoms with Crippen LogP contribution in [-0.4, -0.2) is 4.57 Å². The molecule has 6 nitrogen and oxygen atoms in total. The summed E-state index contributed by atoms with van der Waals surface area (Å²) in [5.41, 5.74) is 12.5. The second-order valence-corrected chi connectivity index (χ2v) is 13.7. The van der Waals surface area contributed by atoms with Gasteiger partial charge < -0.3 is 4.57 Å². The predicted molar refractivity (Wildman–Crippen MR) is 227 cm³/mol. The van der Waals surface area contributed by atoms with Crippen molar-refractivity contribution in [2.45, 2.75) is 0 Å². The Morgan fingerprint density at radius 1 is 0.404 bits per heavy atom. The van der Waals surface area contributed by atoms with Crippen molar-refractivity contribution in [3.63, 3.8) is 0 Å². The molecule has 0 radical (unpaired) electrons. The molecule has 0 unspecified atom stereocenters. The van der Waals surface area contributed by atoms with Gasteiger partial charge in [-0.3, -0.25) is 0 Å². The molecule has 57 heavy (non-hydrogen) atoms. The van der Waals surface area contributed by atoms with E-state index in [1.807, 2.05) is 66.7 Å². The largest absolute Gasteiger partial charge is 0.309 e. The van der Waals surface area contributed by atoms with Crippen molar-refractivity contribution in [1.82, 2.24) is 4.57 Å². The quantitative estimate of drug-likeness (QED) is 0.166. The molecule has 0 saturated carbocycles. The fourth-order valence-electron chi connectivity index (χ4n) is 7.94. The highest BCUT2D eigenvalue weighted by Gasteiger charge is 2.20. The normalized spacial score (nSPS) is 10.7. The Kier molecular flexibility index (Phi) is 8.32. The lowest BCUT2D eigenvalue weighted by Crippen LogP contribution is -1.98. The van der Waals surface area contributed by atoms with E-state index in [9.17, 15) is 15.8 Å². The van der Waals surface area contributed by atoms with Crippen molar-refractivity contribution in [1.29, 1.82) is 15.8 Å². The average molecular weight is 723 g/mol. The van der Waals surface area contributed by atoms with Crippen LogP contribution in [0.3, 0.4) is 0 Å². The number of fused-ring (bicyclic) bond motifs is 4. The number of aromatic nitrogens is 1. The highest BCUT2D eigenvalue weighted by molar-refractivity contribution is 6.12. The van der Waals surface area contributed by atoms with E-state index in [0.717, 1.165) is 82.8 Å². The summed E-state index contributed by atoms with van der Waals surface area (Å²) >= 11 is 0. The van der Waals surface area contributed by atoms with E-state index in [1.165, 1.54) is 0 Å². The summed E-state index contributed by atoms with van der Waals surface area (Å²) in [5, 5.41) is 33.3. The molecule has 0 aliphatic rings. The molecule has 0 amide bonds. The summed E-state index contributed by atoms with van der Waals surface area (Å²) in [6, 6.07) is 58.2. The Morgan fingerprint density at radius 3 is 1.46 bits per heavy atom. The number of para-hydroxylation sites is 1. The predicted octanol–water partition coefficient (Wildman–Crippen LogP) is 13.3. The molecular formula is C51H26N6. The van der Waals surface area contributed by atoms with Gasteiger partial charge in [-0.25, -0.2) is 9.69 Å². The van der Waals surface area contributed by atoms with Crippen LogP contribution in [0, 0.1) is 47.1 Å². The molecule has 0 N–H and O–H groups in total. The van der Waals surface area contributed by atoms with Gasteiger partial charge in [-0.1, -0.05) is 84.9 Å². The van der Waals surface area contributed by atoms with E-state index in [0.29, 0.717) is 28.1 Å². The molecule has 9 aromatic rings. The number of hydrogen-bond donors (Lipinski definition) is 0. The van der Waals surface area contributed by atoms with Gasteiger partial charge in [0.2, 0.25) is 0 Å². The van der Waals surface area contributed by atoms with E-state index in [4.69, 9.17) is 13.1 Å². The number of nitriles is 3. The zero-order chi connectivity index (χ0) is 39.0. The third-order valence-electron chi connectivity index (χ3n) is 10.5. The zero-order valence-corrected chi connectivity index (χ0v) is 30.2. The van der Waals surface area contributed by atoms with Gasteiger partial charge in [0.1, 0.15) is 0 Å². The van der Waals surface area contributed by atoms with Crippen LogP contribution in [0.1, 0.15) is 16.7 Å². The lowest BCUT2D eigenvalue weighted by Gasteiger charge is -2.18. The molecular weight excluding hydrogens is 697 g/mol. The minimum atomic E-state index is 0.393. The van der Waals surface area contributed by atoms with E-state index in [2.05, 4.69) is 87.1 Å². The molecule has 9 rings (SSSR count). The summed E-state index contributed by atoms with van der Waals surface area (Å²) in [7, 11) is 0. The maximum Gasteiger partial charge on any atom is 0.189 e. The Hall–Kier alpha value is -8.73. The molecule has 260 valence electrons. The summed E-state index contributed by atoms with van der Waals surface area (Å²) < 4.78 is 2.27. The second-order valence-electron chi connectivity index (χ2n) is 13.7. The van der Waals surface area contributed by atoms with Gasteiger partial charge in [0.05, 0.1) is 53.6 Å². The smallest absolute Gasteiger partial charge is 0.189 e. The summed E-state index contributed by atoms with van der Waals surface area (Å²) in [4.78, 5) is 7.25. The van der Waals surface area contributed by atoms with Crippen LogP contribution < -0.4 is 0 Å². The Labute approximate surface area is 328 Å². The first-order valence-corrected chi connectivity index (χ1v) is 18.1. The number of nitrogens with zero attached hydrogens (tertiary/aromatic N) is 6. The van der Waals surface area contributed by atoms with Crippen molar-refractivity contribution in [2.75, 3.05) is 0 Å². The fraction of sp³-hybridized carbons (Fsp3) is 0. The van der Waals surface area contributed by atoms with Crippen LogP contribution in [0.15, 0.2) is 158 Å². The standard InChI is InChI=1S/C51H26N6/c1-55-39-23-32(29-52)21-37(25-39)34-16-19-50-47(27-34)48-28-35(38-22-33(30-53)24-40(26-38)56-2)17-20-51(48)57(50)49-14-8-7-13-46(49)44-12-6-5-11-43(44)45-18-15-36(31-54)41-9-3-4-10-42(41)45/h3-28H. The van der Waals surface area contributed by atoms with Gasteiger partial charge >= 0.3 is 0 Å². The first-order chi connectivity index (χ1) is 28.0. The van der Waals surface area contributed by atoms with E-state index >= 15 is 0 Å². The lowest BCUT2D eigenvalue weighted by atomic mass is 9.89. The van der Waals surface area contributed by atoms with E-state index < -0.39 is 0 Å². The van der Waals surface area contributed by atoms with Crippen LogP contribution in [-0.2, 0) is 0 Å². The Bertz CT molecular complexity index is 3170. The van der Waals surface area contributed by atoms with Crippen molar-refractivity contribution < 1.29 is 0 Å². The van der Waals surface area contributed by atoms with E-state index in [1.54, 1.807) is 36.4 Å². The molecule has 6 heteroatoms. The maximum absolute atomic E-state index is 9.90. The summed E-state index contributed by atoms with van der Waals surface area (Å²) in [6.07, 6.45) is 0. The average Bonchev–Trinajstić information content (AvgIpc) is 3.61. The zero-order valence-electron chi connectivity index (χ0n) is 30.2. The summed E-state index contributed by atoms with van der Waals surface area (Å²) in [6.45, 7) is 15.3. The second kappa shape index (κ2) is 13.9. The molecule has 0 bridgehead atoms. The number of rotatable bonds is 5. The van der Waals surface area contributed by atoms with Gasteiger partial charge in [-0.15, -0.1) is 0 Å². The van der Waals surface area contributed by atoms with Crippen LogP contribution in [0.4, 0.5) is 11.4 Å². The van der Waals surface area contributed by atoms with Gasteiger partial charge in [0.15, 0.2) is 11.4 Å². The first-order valence-electron chi connectivity index (χ1n) is 18.1. The first kappa shape index (κ1) is 34.1. The number of benzene rings is 8. The van der Waals surface area contributed by atoms with Gasteiger partial charge in [-0.2, -0.15) is 15.8 Å². The van der Waals surface area contributed by atoms with Crippen molar-refractivity contribution in [3.05, 3.63) is 197 Å². The molecule has 1 heterocycles. The molecule has 1 aromatic heterocycles. The molecule has 0 aliphatic heterocycles. The van der Waals surface area contributed by atoms with Gasteiger partial charge in [0, 0.05) is 32.8 Å². The highest BCUT2D eigenvalue weighted by atomic mass is 15.0. The molecule has 8 aromatic carbocycles. The highest BCUT2D eigenvalue weighted by Crippen LogP contribution is 2.43. The molecule has 0 saturated heterocycles. The van der Waals surface area contributed by atoms with Crippen molar-refractivity contribution in [3.8, 4) is 68.4 Å². The fourth-order valence-corrected chi connectivity index (χ4v) is 7.94. The Balaban J connectivity index is 1.32. The molecule has 0 atom stereocenters. The lowest BCUT2D eigenvalue weighted by molar-refractivity contribution is 1.18. The molecule has 0 spiro atoms. The van der Waals surface area contributed by atoms with Gasteiger partial charge in [-0.05, 0) is 117 Å².